The van der Waals surface area contributed by atoms with Gasteiger partial charge in [0.2, 0.25) is 5.91 Å². The third-order valence-electron chi connectivity index (χ3n) is 5.50. The van der Waals surface area contributed by atoms with E-state index in [1.807, 2.05) is 59.4 Å². The van der Waals surface area contributed by atoms with Crippen LogP contribution >= 0.6 is 0 Å². The maximum atomic E-state index is 13.8. The number of nitrogens with one attached hydrogen (secondary N) is 1. The normalized spacial score (nSPS) is 11.1. The molecule has 0 spiro atoms. The summed E-state index contributed by atoms with van der Waals surface area (Å²) in [6.45, 7) is 1.46. The van der Waals surface area contributed by atoms with Crippen molar-refractivity contribution in [1.82, 2.24) is 29.4 Å². The van der Waals surface area contributed by atoms with E-state index < -0.39 is 17.3 Å². The molecule has 2 aromatic carbocycles. The first kappa shape index (κ1) is 21.3. The minimum Gasteiger partial charge on any atom is -0.350 e. The van der Waals surface area contributed by atoms with Gasteiger partial charge in [-0.25, -0.2) is 13.8 Å². The van der Waals surface area contributed by atoms with Gasteiger partial charge in [-0.05, 0) is 37.3 Å². The Bertz CT molecular complexity index is 1540. The Balaban J connectivity index is 1.55. The van der Waals surface area contributed by atoms with Crippen molar-refractivity contribution in [2.24, 2.45) is 0 Å². The fourth-order valence-corrected chi connectivity index (χ4v) is 3.86. The molecule has 3 heterocycles. The van der Waals surface area contributed by atoms with Crippen LogP contribution in [0.15, 0.2) is 83.9 Å². The zero-order chi connectivity index (χ0) is 23.7. The summed E-state index contributed by atoms with van der Waals surface area (Å²) in [4.78, 5) is 26.1. The van der Waals surface area contributed by atoms with Crippen LogP contribution in [0.4, 0.5) is 4.39 Å². The molecule has 0 saturated heterocycles. The van der Waals surface area contributed by atoms with Crippen LogP contribution in [0.3, 0.4) is 0 Å². The minimum absolute atomic E-state index is 0.0159. The maximum absolute atomic E-state index is 13.8. The molecule has 9 heteroatoms. The second-order valence-electron chi connectivity index (χ2n) is 7.80. The van der Waals surface area contributed by atoms with Crippen molar-refractivity contribution in [3.05, 3.63) is 107 Å². The predicted molar refractivity (Wildman–Crippen MR) is 125 cm³/mol. The van der Waals surface area contributed by atoms with E-state index in [-0.39, 0.29) is 13.1 Å². The lowest BCUT2D eigenvalue weighted by Crippen LogP contribution is -2.34. The minimum atomic E-state index is -0.449. The second-order valence-corrected chi connectivity index (χ2v) is 7.80. The quantitative estimate of drug-likeness (QED) is 0.425. The number of carbonyl (C=O) groups is 1. The van der Waals surface area contributed by atoms with E-state index in [9.17, 15) is 14.0 Å². The molecule has 5 rings (SSSR count). The van der Waals surface area contributed by atoms with Crippen LogP contribution in [0.25, 0.3) is 22.4 Å². The Morgan fingerprint density at radius 2 is 1.68 bits per heavy atom. The second kappa shape index (κ2) is 8.78. The summed E-state index contributed by atoms with van der Waals surface area (Å²) >= 11 is 0. The molecule has 3 aromatic heterocycles. The summed E-state index contributed by atoms with van der Waals surface area (Å²) in [5, 5.41) is 12.0. The van der Waals surface area contributed by atoms with Gasteiger partial charge in [-0.3, -0.25) is 9.59 Å². The Hall–Kier alpha value is -4.53. The molecule has 1 N–H and O–H groups in total. The Morgan fingerprint density at radius 1 is 0.971 bits per heavy atom. The van der Waals surface area contributed by atoms with Crippen molar-refractivity contribution in [3.63, 3.8) is 0 Å². The smallest absolute Gasteiger partial charge is 0.280 e. The standard InChI is InChI=1S/C25H21FN6O2/c1-17-23-22(24(30-13-7-8-14-30)32(29-23)19-10-3-2-4-11-19)25(34)31(28-17)16-21(33)27-15-18-9-5-6-12-20(18)26/h2-14H,15-16H2,1H3,(H,27,33). The third kappa shape index (κ3) is 3.88. The summed E-state index contributed by atoms with van der Waals surface area (Å²) < 4.78 is 18.5. The van der Waals surface area contributed by atoms with Crippen LogP contribution in [0.1, 0.15) is 11.3 Å². The molecule has 0 aliphatic heterocycles. The molecular weight excluding hydrogens is 435 g/mol. The summed E-state index contributed by atoms with van der Waals surface area (Å²) in [6, 6.07) is 19.4. The van der Waals surface area contributed by atoms with E-state index >= 15 is 0 Å². The molecule has 0 bridgehead atoms. The highest BCUT2D eigenvalue weighted by Crippen LogP contribution is 2.24. The van der Waals surface area contributed by atoms with Crippen LogP contribution in [0, 0.1) is 12.7 Å². The van der Waals surface area contributed by atoms with Gasteiger partial charge in [0, 0.05) is 24.5 Å². The van der Waals surface area contributed by atoms with E-state index in [2.05, 4.69) is 15.5 Å². The van der Waals surface area contributed by atoms with Gasteiger partial charge in [0.25, 0.3) is 5.56 Å². The van der Waals surface area contributed by atoms with Crippen LogP contribution in [-0.2, 0) is 17.9 Å². The predicted octanol–water partition coefficient (Wildman–Crippen LogP) is 3.14. The third-order valence-corrected chi connectivity index (χ3v) is 5.50. The lowest BCUT2D eigenvalue weighted by atomic mass is 10.2. The molecule has 0 radical (unpaired) electrons. The molecule has 0 aliphatic rings. The average molecular weight is 456 g/mol. The summed E-state index contributed by atoms with van der Waals surface area (Å²) in [5.74, 6) is -0.295. The van der Waals surface area contributed by atoms with Gasteiger partial charge in [0.1, 0.15) is 23.3 Å². The number of hydrogen-bond donors (Lipinski definition) is 1. The lowest BCUT2D eigenvalue weighted by Gasteiger charge is -2.10. The molecular formula is C25H21FN6O2. The van der Waals surface area contributed by atoms with Crippen molar-refractivity contribution >= 4 is 16.8 Å². The Morgan fingerprint density at radius 3 is 2.41 bits per heavy atom. The van der Waals surface area contributed by atoms with E-state index in [4.69, 9.17) is 0 Å². The number of para-hydroxylation sites is 1. The Labute approximate surface area is 193 Å². The molecule has 0 fully saturated rings. The van der Waals surface area contributed by atoms with Crippen molar-refractivity contribution in [3.8, 4) is 11.5 Å². The number of fused-ring (bicyclic) bond motifs is 1. The number of benzene rings is 2. The van der Waals surface area contributed by atoms with Crippen LogP contribution in [0.2, 0.25) is 0 Å². The van der Waals surface area contributed by atoms with Gasteiger partial charge < -0.3 is 9.88 Å². The SMILES string of the molecule is Cc1nn(CC(=O)NCc2ccccc2F)c(=O)c2c(-n3cccc3)n(-c3ccccc3)nc12. The molecule has 0 unspecified atom stereocenters. The molecule has 5 aromatic rings. The molecule has 8 nitrogen and oxygen atoms in total. The number of nitrogens with zero attached hydrogens (tertiary/aromatic N) is 5. The highest BCUT2D eigenvalue weighted by molar-refractivity contribution is 5.88. The van der Waals surface area contributed by atoms with Gasteiger partial charge in [-0.2, -0.15) is 10.2 Å². The van der Waals surface area contributed by atoms with Gasteiger partial charge >= 0.3 is 0 Å². The van der Waals surface area contributed by atoms with E-state index in [1.165, 1.54) is 6.07 Å². The number of amides is 1. The molecule has 0 atom stereocenters. The fraction of sp³-hybridized carbons (Fsp3) is 0.120. The highest BCUT2D eigenvalue weighted by Gasteiger charge is 2.22. The van der Waals surface area contributed by atoms with Gasteiger partial charge in [-0.1, -0.05) is 36.4 Å². The zero-order valence-electron chi connectivity index (χ0n) is 18.4. The number of rotatable bonds is 6. The first-order valence-electron chi connectivity index (χ1n) is 10.7. The van der Waals surface area contributed by atoms with E-state index in [1.54, 1.807) is 29.8 Å². The molecule has 34 heavy (non-hydrogen) atoms. The van der Waals surface area contributed by atoms with Gasteiger partial charge in [-0.15, -0.1) is 0 Å². The number of aryl methyl sites for hydroxylation is 1. The van der Waals surface area contributed by atoms with E-state index in [0.717, 1.165) is 10.4 Å². The maximum Gasteiger partial charge on any atom is 0.280 e. The average Bonchev–Trinajstić information content (AvgIpc) is 3.51. The van der Waals surface area contributed by atoms with Crippen molar-refractivity contribution < 1.29 is 9.18 Å². The number of halogens is 1. The van der Waals surface area contributed by atoms with Crippen molar-refractivity contribution in [2.45, 2.75) is 20.0 Å². The molecule has 1 amide bonds. The first-order valence-corrected chi connectivity index (χ1v) is 10.7. The molecule has 0 saturated carbocycles. The summed E-state index contributed by atoms with van der Waals surface area (Å²) in [6.07, 6.45) is 3.66. The largest absolute Gasteiger partial charge is 0.350 e. The summed E-state index contributed by atoms with van der Waals surface area (Å²) in [7, 11) is 0. The number of hydrogen-bond acceptors (Lipinski definition) is 4. The monoisotopic (exact) mass is 456 g/mol. The lowest BCUT2D eigenvalue weighted by molar-refractivity contribution is -0.122. The van der Waals surface area contributed by atoms with Crippen LogP contribution in [-0.4, -0.2) is 30.0 Å². The zero-order valence-corrected chi connectivity index (χ0v) is 18.4. The molecule has 0 aliphatic carbocycles. The summed E-state index contributed by atoms with van der Waals surface area (Å²) in [5.41, 5.74) is 1.69. The van der Waals surface area contributed by atoms with Crippen LogP contribution < -0.4 is 10.9 Å². The molecule has 170 valence electrons. The van der Waals surface area contributed by atoms with Crippen molar-refractivity contribution in [1.29, 1.82) is 0 Å². The van der Waals surface area contributed by atoms with Gasteiger partial charge in [0.05, 0.1) is 11.4 Å². The van der Waals surface area contributed by atoms with Crippen LogP contribution in [0.5, 0.6) is 0 Å². The number of carbonyl (C=O) groups excluding carboxylic acids is 1. The van der Waals surface area contributed by atoms with Gasteiger partial charge in [0.15, 0.2) is 5.82 Å². The van der Waals surface area contributed by atoms with Crippen molar-refractivity contribution in [2.75, 3.05) is 0 Å². The first-order chi connectivity index (χ1) is 16.5. The topological polar surface area (TPSA) is 86.7 Å². The Kier molecular flexibility index (Phi) is 5.51. The van der Waals surface area contributed by atoms with E-state index in [0.29, 0.717) is 28.0 Å². The fourth-order valence-electron chi connectivity index (χ4n) is 3.86. The highest BCUT2D eigenvalue weighted by atomic mass is 19.1. The number of aromatic nitrogens is 5.